The van der Waals surface area contributed by atoms with Crippen LogP contribution in [-0.2, 0) is 82.3 Å². The van der Waals surface area contributed by atoms with E-state index in [1.54, 1.807) is 20.8 Å². The van der Waals surface area contributed by atoms with Crippen molar-refractivity contribution in [1.29, 1.82) is 0 Å². The summed E-state index contributed by atoms with van der Waals surface area (Å²) in [5.41, 5.74) is 10.1. The number of phosphoric acid groups is 2. The van der Waals surface area contributed by atoms with E-state index in [0.29, 0.717) is 28.1 Å². The van der Waals surface area contributed by atoms with Crippen molar-refractivity contribution in [2.45, 2.75) is 114 Å². The molecule has 7 aliphatic heterocycles. The van der Waals surface area contributed by atoms with Gasteiger partial charge in [0.2, 0.25) is 23.7 Å². The first-order chi connectivity index (χ1) is 49.8. The third-order valence-electron chi connectivity index (χ3n) is 17.4. The molecular formula is C52H76Cl5F3N15O27P5. The van der Waals surface area contributed by atoms with Gasteiger partial charge in [-0.15, -0.1) is 0 Å². The number of aliphatic hydroxyl groups is 8. The van der Waals surface area contributed by atoms with Gasteiger partial charge in [-0.25, -0.2) is 56.4 Å². The third-order valence-corrected chi connectivity index (χ3v) is 23.0. The molecule has 14 N–H and O–H groups in total. The molecule has 2 spiro atoms. The molecule has 7 aliphatic rings. The van der Waals surface area contributed by atoms with Gasteiger partial charge in [0, 0.05) is 22.5 Å². The highest BCUT2D eigenvalue weighted by Gasteiger charge is 2.60. The van der Waals surface area contributed by atoms with Gasteiger partial charge in [-0.1, -0.05) is 0 Å². The van der Waals surface area contributed by atoms with E-state index in [2.05, 4.69) is 78.6 Å². The monoisotopic (exact) mass is 1730 g/mol. The van der Waals surface area contributed by atoms with Gasteiger partial charge in [0.15, 0.2) is 58.1 Å². The van der Waals surface area contributed by atoms with Crippen LogP contribution in [0.15, 0.2) is 19.0 Å². The maximum atomic E-state index is 16.0. The summed E-state index contributed by atoms with van der Waals surface area (Å²) in [5.74, 6) is -0.0950. The van der Waals surface area contributed by atoms with Crippen LogP contribution in [-0.4, -0.2) is 259 Å². The fourth-order valence-electron chi connectivity index (χ4n) is 11.0. The number of nitrogens with two attached hydrogens (primary N) is 3. The number of anilines is 3. The van der Waals surface area contributed by atoms with E-state index in [1.807, 2.05) is 0 Å². The Hall–Kier alpha value is -3.60. The predicted octanol–water partition coefficient (Wildman–Crippen LogP) is 5.05. The van der Waals surface area contributed by atoms with Crippen molar-refractivity contribution in [3.63, 3.8) is 0 Å². The van der Waals surface area contributed by atoms with E-state index in [0.717, 1.165) is 13.8 Å². The molecule has 0 bridgehead atoms. The Kier molecular flexibility index (Phi) is 27.6. The van der Waals surface area contributed by atoms with Gasteiger partial charge in [0.05, 0.1) is 152 Å². The van der Waals surface area contributed by atoms with Crippen LogP contribution in [0.5, 0.6) is 5.88 Å². The van der Waals surface area contributed by atoms with Crippen LogP contribution < -0.4 is 21.9 Å². The Morgan fingerprint density at radius 3 is 1.12 bits per heavy atom. The number of halogens is 8. The first-order valence-corrected chi connectivity index (χ1v) is 43.7. The smallest absolute Gasteiger partial charge is 0.474 e. The Bertz CT molecular complexity index is 4280. The highest BCUT2D eigenvalue weighted by molar-refractivity contribution is 8.24. The van der Waals surface area contributed by atoms with Gasteiger partial charge in [0.1, 0.15) is 47.7 Å². The lowest BCUT2D eigenvalue weighted by Crippen LogP contribution is -2.46. The molecule has 12 atom stereocenters. The Labute approximate surface area is 628 Å². The third kappa shape index (κ3) is 19.8. The summed E-state index contributed by atoms with van der Waals surface area (Å²) in [5, 5.41) is 71.6. The topological polar surface area (TPSA) is 585 Å². The number of phosphoric ester groups is 2. The van der Waals surface area contributed by atoms with Gasteiger partial charge in [-0.05, 0) is 75.3 Å². The highest BCUT2D eigenvalue weighted by Crippen LogP contribution is 2.64. The SMILES string of the molecule is CCOc1nc(N)nc2c1ncn2[C@@H]1OC(COP2(=O)OCC3(COP(=O)(OCC4O[C@@H](n5cnc6c(C)nc(N)nc65)[C@](C)(F)[C@@H]4O)OC3)CO2)[C@@H](O)[C@@]1(C)F.Cc1nc(N)nc2c1ncn2[C@@H]1O[C@H](CO)[C@@H](O)[C@@]1(C)F.O=P(Cl)(Cl)Cl.O=P1(Cl)OCC2(CO1)COP(=O)(Cl)OC2.OCC(CO)(CO)CO. The second-order valence-corrected chi connectivity index (χ2v) is 41.0. The van der Waals surface area contributed by atoms with E-state index < -0.39 is 170 Å². The van der Waals surface area contributed by atoms with Crippen molar-refractivity contribution in [3.8, 4) is 5.88 Å². The molecule has 7 saturated heterocycles. The van der Waals surface area contributed by atoms with Gasteiger partial charge in [-0.3, -0.25) is 63.5 Å². The summed E-state index contributed by atoms with van der Waals surface area (Å²) in [6.45, 7) is -2.43. The molecule has 55 heteroatoms. The van der Waals surface area contributed by atoms with Gasteiger partial charge < -0.3 is 77.0 Å². The average Bonchev–Trinajstić information content (AvgIpc) is 1.62. The Morgan fingerprint density at radius 2 is 0.822 bits per heavy atom. The zero-order valence-corrected chi connectivity index (χ0v) is 65.2. The summed E-state index contributed by atoms with van der Waals surface area (Å²) in [6, 6.07) is 0. The Morgan fingerprint density at radius 1 is 0.533 bits per heavy atom. The van der Waals surface area contributed by atoms with Crippen molar-refractivity contribution in [3.05, 3.63) is 30.4 Å². The molecule has 13 heterocycles. The van der Waals surface area contributed by atoms with Crippen LogP contribution in [0.4, 0.5) is 31.0 Å². The van der Waals surface area contributed by atoms with Crippen LogP contribution in [0.1, 0.15) is 57.8 Å². The minimum absolute atomic E-state index is 0.0413. The van der Waals surface area contributed by atoms with Crippen molar-refractivity contribution in [2.24, 2.45) is 16.2 Å². The lowest BCUT2D eigenvalue weighted by Gasteiger charge is -2.41. The second-order valence-electron chi connectivity index (χ2n) is 25.7. The molecule has 42 nitrogen and oxygen atoms in total. The van der Waals surface area contributed by atoms with Gasteiger partial charge in [-0.2, -0.15) is 19.9 Å². The van der Waals surface area contributed by atoms with Crippen LogP contribution in [0.25, 0.3) is 33.5 Å². The minimum Gasteiger partial charge on any atom is -0.476 e. The van der Waals surface area contributed by atoms with E-state index in [9.17, 15) is 42.5 Å². The van der Waals surface area contributed by atoms with Gasteiger partial charge >= 0.3 is 34.7 Å². The van der Waals surface area contributed by atoms with Crippen LogP contribution >= 0.6 is 90.9 Å². The number of alkyl halides is 3. The number of hydrogen-bond donors (Lipinski definition) is 11. The predicted molar refractivity (Wildman–Crippen MR) is 368 cm³/mol. The number of imidazole rings is 3. The van der Waals surface area contributed by atoms with Crippen molar-refractivity contribution >= 4 is 142 Å². The Balaban J connectivity index is 0.000000212. The number of rotatable bonds is 16. The van der Waals surface area contributed by atoms with E-state index in [1.165, 1.54) is 39.6 Å². The van der Waals surface area contributed by atoms with E-state index in [-0.39, 0.29) is 100.0 Å². The molecule has 0 aromatic carbocycles. The average molecular weight is 1730 g/mol. The number of aliphatic hydroxyl groups excluding tert-OH is 8. The lowest BCUT2D eigenvalue weighted by molar-refractivity contribution is -0.107. The number of hydrogen-bond acceptors (Lipinski definition) is 39. The molecule has 2 unspecified atom stereocenters. The van der Waals surface area contributed by atoms with Crippen LogP contribution in [0, 0.1) is 30.1 Å². The number of aromatic nitrogens is 12. The van der Waals surface area contributed by atoms with Crippen LogP contribution in [0.3, 0.4) is 0 Å². The van der Waals surface area contributed by atoms with Crippen molar-refractivity contribution in [1.82, 2.24) is 58.6 Å². The van der Waals surface area contributed by atoms with Gasteiger partial charge in [0.25, 0.3) is 0 Å². The largest absolute Gasteiger partial charge is 0.476 e. The fraction of sp³-hybridized carbons (Fsp3) is 0.712. The number of aryl methyl sites for hydroxylation is 2. The van der Waals surface area contributed by atoms with E-state index in [4.69, 9.17) is 129 Å². The maximum Gasteiger partial charge on any atom is 0.474 e. The minimum atomic E-state index is -4.29. The summed E-state index contributed by atoms with van der Waals surface area (Å²) < 4.78 is 184. The molecule has 0 saturated carbocycles. The summed E-state index contributed by atoms with van der Waals surface area (Å²) in [6.07, 6.45) is -8.82. The molecule has 0 aliphatic carbocycles. The molecule has 7 fully saturated rings. The van der Waals surface area contributed by atoms with Crippen LogP contribution in [0.2, 0.25) is 0 Å². The zero-order valence-electron chi connectivity index (χ0n) is 56.9. The molecule has 602 valence electrons. The quantitative estimate of drug-likeness (QED) is 0.0565. The summed E-state index contributed by atoms with van der Waals surface area (Å²) in [7, 11) is -8.57. The number of ether oxygens (including phenoxy) is 4. The number of fused-ring (bicyclic) bond motifs is 3. The number of nitrogens with zero attached hydrogens (tertiary/aromatic N) is 12. The zero-order chi connectivity index (χ0) is 79.1. The molecule has 6 aromatic rings. The normalized spacial score (nSPS) is 35.8. The molecule has 107 heavy (non-hydrogen) atoms. The first kappa shape index (κ1) is 87.4. The molecule has 0 amide bonds. The maximum absolute atomic E-state index is 16.0. The molecule has 6 aromatic heterocycles. The fourth-order valence-corrected chi connectivity index (χ4v) is 16.3. The lowest BCUT2D eigenvalue weighted by atomic mass is 9.93. The molecular weight excluding hydrogens is 1660 g/mol. The van der Waals surface area contributed by atoms with Crippen molar-refractivity contribution in [2.75, 3.05) is 123 Å². The summed E-state index contributed by atoms with van der Waals surface area (Å²) in [4.78, 5) is 36.9. The standard InChI is InChI=1S/C30H40F2N10O13P2.C12H16FN5O3.C5H8Cl2O6P2.C5H12O4.Cl3OP/c1-5-47-23-18-22(39-27(34)40-23)42(13-36-18)25-29(4,32)20(44)16(55-25)7-49-57(46)52-10-30(11-53-57)8-50-56(45,51-9-30)48-6-15-19(43)28(3,31)24(54-15)41-12-35-17-14(2)37-26(33)38-21(17)41;1-5-7-9(17-11(14)16-5)18(4-15-7)10-12(2,13)8(20)6(3-19)21-10;6-14(8)10-1-5(2-11-14)3-12-15(7,9)13-4-5;6-1-5(2-7,3-8)4-9;1-5(2,3)4/h12-13,15-16,19-20,24-25,43-44H,5-11H2,1-4H3,(H2,33,37,38)(H2,34,39,40);4,6,8,10,19-20H,3H2,1-2H3,(H2,14,16,17);1-4H2;6-9H,1-4H2;/t15?,16?,19-,20-,24-,25-,28-,29-,30?,56?,57?;6-,8-,10-,12-;;;/m11.../s1. The summed E-state index contributed by atoms with van der Waals surface area (Å²) >= 11 is 24.6. The number of nitrogen functional groups attached to an aromatic ring is 3. The van der Waals surface area contributed by atoms with E-state index >= 15 is 8.78 Å². The molecule has 0 radical (unpaired) electrons. The first-order valence-electron chi connectivity index (χ1n) is 31.4. The second kappa shape index (κ2) is 33.8. The van der Waals surface area contributed by atoms with Crippen molar-refractivity contribution < 1.29 is 141 Å². The molecule has 13 rings (SSSR count). The highest BCUT2D eigenvalue weighted by atomic mass is 36.0.